The summed E-state index contributed by atoms with van der Waals surface area (Å²) in [5, 5.41) is 11.2. The molecule has 0 aliphatic heterocycles. The quantitative estimate of drug-likeness (QED) is 0.854. The Morgan fingerprint density at radius 3 is 2.56 bits per heavy atom. The van der Waals surface area contributed by atoms with Crippen LogP contribution in [-0.2, 0) is 6.42 Å². The first-order valence-corrected chi connectivity index (χ1v) is 6.92. The number of rotatable bonds is 2. The highest BCUT2D eigenvalue weighted by Crippen LogP contribution is 2.38. The van der Waals surface area contributed by atoms with Crippen molar-refractivity contribution >= 4 is 11.6 Å². The first kappa shape index (κ1) is 13.8. The highest BCUT2D eigenvalue weighted by Gasteiger charge is 2.36. The van der Waals surface area contributed by atoms with Gasteiger partial charge in [0.1, 0.15) is 5.82 Å². The first-order chi connectivity index (χ1) is 8.38. The molecule has 1 N–H and O–H groups in total. The third-order valence-electron chi connectivity index (χ3n) is 3.79. The van der Waals surface area contributed by atoms with Gasteiger partial charge in [-0.2, -0.15) is 0 Å². The van der Waals surface area contributed by atoms with E-state index in [4.69, 9.17) is 11.6 Å². The smallest absolute Gasteiger partial charge is 0.126 e. The fourth-order valence-electron chi connectivity index (χ4n) is 3.41. The molecule has 0 aromatic heterocycles. The van der Waals surface area contributed by atoms with Gasteiger partial charge in [0.05, 0.1) is 5.60 Å². The topological polar surface area (TPSA) is 20.2 Å². The van der Waals surface area contributed by atoms with E-state index in [0.29, 0.717) is 28.8 Å². The van der Waals surface area contributed by atoms with E-state index in [2.05, 4.69) is 13.8 Å². The molecule has 2 unspecified atom stereocenters. The zero-order chi connectivity index (χ0) is 13.3. The molecule has 0 spiro atoms. The Bertz CT molecular complexity index is 423. The van der Waals surface area contributed by atoms with Gasteiger partial charge in [0.25, 0.3) is 0 Å². The van der Waals surface area contributed by atoms with Crippen molar-refractivity contribution in [2.45, 2.75) is 45.1 Å². The summed E-state index contributed by atoms with van der Waals surface area (Å²) >= 11 is 5.89. The van der Waals surface area contributed by atoms with Gasteiger partial charge in [0.2, 0.25) is 0 Å². The van der Waals surface area contributed by atoms with Gasteiger partial charge in [-0.25, -0.2) is 4.39 Å². The number of aliphatic hydroxyl groups is 1. The van der Waals surface area contributed by atoms with E-state index in [1.54, 1.807) is 6.07 Å². The van der Waals surface area contributed by atoms with Crippen molar-refractivity contribution in [1.29, 1.82) is 0 Å². The highest BCUT2D eigenvalue weighted by molar-refractivity contribution is 6.30. The van der Waals surface area contributed by atoms with Crippen LogP contribution in [0.25, 0.3) is 0 Å². The van der Waals surface area contributed by atoms with Crippen molar-refractivity contribution in [3.8, 4) is 0 Å². The molecule has 18 heavy (non-hydrogen) atoms. The highest BCUT2D eigenvalue weighted by atomic mass is 35.5. The lowest BCUT2D eigenvalue weighted by molar-refractivity contribution is -0.0310. The van der Waals surface area contributed by atoms with E-state index in [9.17, 15) is 9.50 Å². The fourth-order valence-corrected chi connectivity index (χ4v) is 3.61. The number of halogens is 2. The van der Waals surface area contributed by atoms with Crippen LogP contribution >= 0.6 is 11.6 Å². The first-order valence-electron chi connectivity index (χ1n) is 6.54. The molecule has 1 fully saturated rings. The van der Waals surface area contributed by atoms with Crippen LogP contribution in [0.1, 0.15) is 38.7 Å². The van der Waals surface area contributed by atoms with Crippen LogP contribution in [0.5, 0.6) is 0 Å². The predicted molar refractivity (Wildman–Crippen MR) is 72.2 cm³/mol. The molecule has 1 nitrogen and oxygen atoms in total. The largest absolute Gasteiger partial charge is 0.390 e. The van der Waals surface area contributed by atoms with Crippen molar-refractivity contribution in [2.75, 3.05) is 0 Å². The Labute approximate surface area is 113 Å². The van der Waals surface area contributed by atoms with Crippen molar-refractivity contribution in [3.63, 3.8) is 0 Å². The molecule has 100 valence electrons. The lowest BCUT2D eigenvalue weighted by Gasteiger charge is -2.39. The van der Waals surface area contributed by atoms with Gasteiger partial charge in [0, 0.05) is 11.4 Å². The Morgan fingerprint density at radius 2 is 1.94 bits per heavy atom. The van der Waals surface area contributed by atoms with Crippen LogP contribution in [-0.4, -0.2) is 10.7 Å². The fraction of sp³-hybridized carbons (Fsp3) is 0.600. The number of benzene rings is 1. The second-order valence-corrected chi connectivity index (χ2v) is 6.43. The maximum atomic E-state index is 13.7. The summed E-state index contributed by atoms with van der Waals surface area (Å²) in [6, 6.07) is 4.53. The summed E-state index contributed by atoms with van der Waals surface area (Å²) in [7, 11) is 0. The molecule has 1 aliphatic carbocycles. The molecular formula is C15H20ClFO. The van der Waals surface area contributed by atoms with Gasteiger partial charge in [-0.15, -0.1) is 0 Å². The Kier molecular flexibility index (Phi) is 3.98. The Hall–Kier alpha value is -0.600. The Balaban J connectivity index is 2.18. The third kappa shape index (κ3) is 3.24. The second-order valence-electron chi connectivity index (χ2n) is 5.99. The standard InChI is InChI=1S/C15H20ClFO/c1-10-5-11(2)8-15(18,7-10)9-12-6-13(16)3-4-14(12)17/h3-4,6,10-11,18H,5,7-9H2,1-2H3. The second kappa shape index (κ2) is 5.18. The normalized spacial score (nSPS) is 32.5. The zero-order valence-corrected chi connectivity index (χ0v) is 11.7. The van der Waals surface area contributed by atoms with Crippen LogP contribution in [0, 0.1) is 17.7 Å². The number of hydrogen-bond donors (Lipinski definition) is 1. The molecule has 1 aliphatic rings. The molecule has 0 amide bonds. The van der Waals surface area contributed by atoms with Gasteiger partial charge in [-0.1, -0.05) is 25.4 Å². The van der Waals surface area contributed by atoms with Crippen LogP contribution < -0.4 is 0 Å². The van der Waals surface area contributed by atoms with E-state index in [1.165, 1.54) is 12.1 Å². The van der Waals surface area contributed by atoms with E-state index in [1.807, 2.05) is 0 Å². The SMILES string of the molecule is CC1CC(C)CC(O)(Cc2cc(Cl)ccc2F)C1. The maximum absolute atomic E-state index is 13.7. The van der Waals surface area contributed by atoms with Crippen molar-refractivity contribution in [3.05, 3.63) is 34.6 Å². The van der Waals surface area contributed by atoms with Crippen LogP contribution in [0.3, 0.4) is 0 Å². The summed E-state index contributed by atoms with van der Waals surface area (Å²) in [4.78, 5) is 0. The van der Waals surface area contributed by atoms with Gasteiger partial charge in [-0.05, 0) is 54.9 Å². The maximum Gasteiger partial charge on any atom is 0.126 e. The molecule has 0 heterocycles. The van der Waals surface area contributed by atoms with Gasteiger partial charge >= 0.3 is 0 Å². The molecule has 0 radical (unpaired) electrons. The summed E-state index contributed by atoms with van der Waals surface area (Å²) in [6.45, 7) is 4.30. The van der Waals surface area contributed by atoms with E-state index in [0.717, 1.165) is 19.3 Å². The predicted octanol–water partition coefficient (Wildman–Crippen LogP) is 4.21. The average Bonchev–Trinajstić information content (AvgIpc) is 2.21. The van der Waals surface area contributed by atoms with Crippen LogP contribution in [0.4, 0.5) is 4.39 Å². The minimum Gasteiger partial charge on any atom is -0.390 e. The molecule has 0 saturated heterocycles. The monoisotopic (exact) mass is 270 g/mol. The molecule has 1 saturated carbocycles. The van der Waals surface area contributed by atoms with Gasteiger partial charge < -0.3 is 5.11 Å². The molecule has 2 rings (SSSR count). The molecule has 1 aromatic rings. The van der Waals surface area contributed by atoms with Crippen LogP contribution in [0.15, 0.2) is 18.2 Å². The van der Waals surface area contributed by atoms with E-state index >= 15 is 0 Å². The summed E-state index contributed by atoms with van der Waals surface area (Å²) in [5.74, 6) is 0.695. The zero-order valence-electron chi connectivity index (χ0n) is 10.9. The Morgan fingerprint density at radius 1 is 1.33 bits per heavy atom. The number of hydrogen-bond acceptors (Lipinski definition) is 1. The molecular weight excluding hydrogens is 251 g/mol. The summed E-state index contributed by atoms with van der Waals surface area (Å²) in [5.41, 5.74) is -0.269. The average molecular weight is 271 g/mol. The van der Waals surface area contributed by atoms with Gasteiger partial charge in [0.15, 0.2) is 0 Å². The minimum atomic E-state index is -0.789. The molecule has 2 atom stereocenters. The van der Waals surface area contributed by atoms with Crippen LogP contribution in [0.2, 0.25) is 5.02 Å². The molecule has 0 bridgehead atoms. The lowest BCUT2D eigenvalue weighted by Crippen LogP contribution is -2.40. The van der Waals surface area contributed by atoms with E-state index in [-0.39, 0.29) is 5.82 Å². The minimum absolute atomic E-state index is 0.279. The summed E-state index contributed by atoms with van der Waals surface area (Å²) < 4.78 is 13.7. The summed E-state index contributed by atoms with van der Waals surface area (Å²) in [6.07, 6.45) is 2.97. The third-order valence-corrected chi connectivity index (χ3v) is 4.02. The van der Waals surface area contributed by atoms with Crippen molar-refractivity contribution in [2.24, 2.45) is 11.8 Å². The van der Waals surface area contributed by atoms with Crippen molar-refractivity contribution in [1.82, 2.24) is 0 Å². The van der Waals surface area contributed by atoms with Gasteiger partial charge in [-0.3, -0.25) is 0 Å². The lowest BCUT2D eigenvalue weighted by atomic mass is 9.71. The molecule has 1 aromatic carbocycles. The van der Waals surface area contributed by atoms with Crippen molar-refractivity contribution < 1.29 is 9.50 Å². The molecule has 3 heteroatoms. The van der Waals surface area contributed by atoms with E-state index < -0.39 is 5.60 Å².